The molecule has 1 fully saturated rings. The predicted molar refractivity (Wildman–Crippen MR) is 148 cm³/mol. The molecule has 0 bridgehead atoms. The van der Waals surface area contributed by atoms with Crippen LogP contribution >= 0.6 is 24.0 Å². The van der Waals surface area contributed by atoms with E-state index >= 15 is 0 Å². The smallest absolute Gasteiger partial charge is 0.325 e. The summed E-state index contributed by atoms with van der Waals surface area (Å²) in [6.45, 7) is 1.39. The van der Waals surface area contributed by atoms with Crippen LogP contribution in [-0.4, -0.2) is 33.5 Å². The molecule has 0 radical (unpaired) electrons. The Bertz CT molecular complexity index is 1540. The number of thioether (sulfide) groups is 1. The van der Waals surface area contributed by atoms with E-state index in [4.69, 9.17) is 12.2 Å². The molecule has 11 heteroatoms. The first-order valence-electron chi connectivity index (χ1n) is 11.8. The number of alkyl halides is 3. The van der Waals surface area contributed by atoms with E-state index in [1.807, 2.05) is 37.3 Å². The average Bonchev–Trinajstić information content (AvgIpc) is 3.35. The molecule has 39 heavy (non-hydrogen) atoms. The number of nitrogens with zero attached hydrogens (tertiary/aromatic N) is 2. The Hall–Kier alpha value is -3.96. The molecule has 1 saturated heterocycles. The molecule has 3 amide bonds. The molecule has 6 nitrogen and oxygen atoms in total. The number of carbonyl (C=O) groups is 3. The summed E-state index contributed by atoms with van der Waals surface area (Å²) in [6, 6.07) is 20.0. The molecule has 0 aromatic heterocycles. The van der Waals surface area contributed by atoms with Gasteiger partial charge in [0.2, 0.25) is 5.91 Å². The number of rotatable bonds is 5. The quantitative estimate of drug-likeness (QED) is 0.302. The van der Waals surface area contributed by atoms with Crippen molar-refractivity contribution < 1.29 is 27.6 Å². The first-order chi connectivity index (χ1) is 18.6. The molecule has 1 atom stereocenters. The average molecular weight is 568 g/mol. The third-order valence-corrected chi connectivity index (χ3v) is 7.79. The van der Waals surface area contributed by atoms with Gasteiger partial charge in [0.25, 0.3) is 11.8 Å². The van der Waals surface area contributed by atoms with Gasteiger partial charge in [-0.3, -0.25) is 24.2 Å². The number of thiocarbonyl (C=S) groups is 1. The van der Waals surface area contributed by atoms with Crippen LogP contribution in [0.25, 0.3) is 5.57 Å². The zero-order valence-corrected chi connectivity index (χ0v) is 22.0. The van der Waals surface area contributed by atoms with Crippen LogP contribution in [0, 0.1) is 0 Å². The molecule has 5 rings (SSSR count). The summed E-state index contributed by atoms with van der Waals surface area (Å²) in [5.41, 5.74) is 0.951. The normalized spacial score (nSPS) is 18.0. The van der Waals surface area contributed by atoms with Crippen LogP contribution in [0.15, 0.2) is 83.8 Å². The van der Waals surface area contributed by atoms with Gasteiger partial charge in [0, 0.05) is 11.3 Å². The highest BCUT2D eigenvalue weighted by Gasteiger charge is 2.44. The minimum atomic E-state index is -4.57. The molecule has 2 aliphatic heterocycles. The second kappa shape index (κ2) is 10.3. The summed E-state index contributed by atoms with van der Waals surface area (Å²) in [7, 11) is 0. The number of hydrogen-bond donors (Lipinski definition) is 1. The van der Waals surface area contributed by atoms with Crippen LogP contribution < -0.4 is 10.2 Å². The van der Waals surface area contributed by atoms with Crippen molar-refractivity contribution in [2.45, 2.75) is 19.1 Å². The Balaban J connectivity index is 1.43. The van der Waals surface area contributed by atoms with Crippen LogP contribution in [0.4, 0.5) is 24.5 Å². The second-order valence-electron chi connectivity index (χ2n) is 8.87. The van der Waals surface area contributed by atoms with Gasteiger partial charge < -0.3 is 5.32 Å². The van der Waals surface area contributed by atoms with Gasteiger partial charge in [0.05, 0.1) is 27.8 Å². The zero-order valence-electron chi connectivity index (χ0n) is 20.4. The topological polar surface area (TPSA) is 69.7 Å². The van der Waals surface area contributed by atoms with Crippen LogP contribution in [0.1, 0.15) is 29.7 Å². The Morgan fingerprint density at radius 2 is 1.67 bits per heavy atom. The van der Waals surface area contributed by atoms with Gasteiger partial charge in [-0.2, -0.15) is 13.2 Å². The number of anilines is 2. The molecule has 0 spiro atoms. The fourth-order valence-electron chi connectivity index (χ4n) is 4.52. The van der Waals surface area contributed by atoms with Crippen LogP contribution in [-0.2, 0) is 20.6 Å². The number of para-hydroxylation sites is 1. The summed E-state index contributed by atoms with van der Waals surface area (Å²) in [5, 5.41) is 2.42. The monoisotopic (exact) mass is 567 g/mol. The van der Waals surface area contributed by atoms with Crippen molar-refractivity contribution in [2.75, 3.05) is 16.8 Å². The maximum absolute atomic E-state index is 13.6. The van der Waals surface area contributed by atoms with Crippen molar-refractivity contribution >= 4 is 63.0 Å². The minimum absolute atomic E-state index is 0.0502. The molecule has 2 heterocycles. The van der Waals surface area contributed by atoms with E-state index in [0.717, 1.165) is 29.5 Å². The second-order valence-corrected chi connectivity index (χ2v) is 10.5. The molecule has 1 N–H and O–H groups in total. The SMILES string of the molecule is CC(c1ccccc1)N1C(=O)C(=C2C(=O)N(CC(=O)Nc3cccc(C(F)(F)F)c3)c3ccccc32)SC1=S. The van der Waals surface area contributed by atoms with Crippen molar-refractivity contribution in [3.05, 3.63) is 100 Å². The third-order valence-electron chi connectivity index (χ3n) is 6.39. The Morgan fingerprint density at radius 3 is 2.38 bits per heavy atom. The van der Waals surface area contributed by atoms with Gasteiger partial charge in [-0.15, -0.1) is 0 Å². The van der Waals surface area contributed by atoms with Gasteiger partial charge in [0.15, 0.2) is 0 Å². The van der Waals surface area contributed by atoms with Gasteiger partial charge in [-0.25, -0.2) is 0 Å². The summed E-state index contributed by atoms with van der Waals surface area (Å²) in [5.74, 6) is -1.66. The van der Waals surface area contributed by atoms with Crippen molar-refractivity contribution in [3.8, 4) is 0 Å². The Morgan fingerprint density at radius 1 is 0.974 bits per heavy atom. The molecular weight excluding hydrogens is 547 g/mol. The Labute approximate surface area is 231 Å². The van der Waals surface area contributed by atoms with E-state index in [1.165, 1.54) is 21.9 Å². The van der Waals surface area contributed by atoms with E-state index in [0.29, 0.717) is 15.6 Å². The fraction of sp³-hybridized carbons (Fsp3) is 0.143. The standard InChI is InChI=1S/C28H20F3N3O3S2/c1-16(17-8-3-2-4-9-17)34-26(37)24(39-27(34)38)23-20-12-5-6-13-21(20)33(25(23)36)15-22(35)32-19-11-7-10-18(14-19)28(29,30)31/h2-14,16H,15H2,1H3,(H,32,35). The van der Waals surface area contributed by atoms with Gasteiger partial charge >= 0.3 is 6.18 Å². The molecule has 3 aromatic rings. The lowest BCUT2D eigenvalue weighted by molar-refractivity contribution is -0.137. The largest absolute Gasteiger partial charge is 0.416 e. The number of benzene rings is 3. The lowest BCUT2D eigenvalue weighted by atomic mass is 10.1. The summed E-state index contributed by atoms with van der Waals surface area (Å²) in [6.07, 6.45) is -4.57. The van der Waals surface area contributed by atoms with Crippen LogP contribution in [0.5, 0.6) is 0 Å². The van der Waals surface area contributed by atoms with Crippen LogP contribution in [0.2, 0.25) is 0 Å². The lowest BCUT2D eigenvalue weighted by Crippen LogP contribution is -2.35. The van der Waals surface area contributed by atoms with E-state index < -0.39 is 36.0 Å². The highest BCUT2D eigenvalue weighted by Crippen LogP contribution is 2.46. The predicted octanol–water partition coefficient (Wildman–Crippen LogP) is 6.02. The zero-order chi connectivity index (χ0) is 27.9. The Kier molecular flexibility index (Phi) is 7.04. The molecule has 2 aliphatic rings. The van der Waals surface area contributed by atoms with Crippen molar-refractivity contribution in [3.63, 3.8) is 0 Å². The maximum Gasteiger partial charge on any atom is 0.416 e. The highest BCUT2D eigenvalue weighted by atomic mass is 32.2. The first-order valence-corrected chi connectivity index (χ1v) is 13.0. The number of halogens is 3. The van der Waals surface area contributed by atoms with Crippen molar-refractivity contribution in [1.29, 1.82) is 0 Å². The molecule has 3 aromatic carbocycles. The number of nitrogens with one attached hydrogen (secondary N) is 1. The molecule has 1 unspecified atom stereocenters. The lowest BCUT2D eigenvalue weighted by Gasteiger charge is -2.23. The molecular formula is C28H20F3N3O3S2. The fourth-order valence-corrected chi connectivity index (χ4v) is 6.01. The minimum Gasteiger partial charge on any atom is -0.325 e. The number of hydrogen-bond acceptors (Lipinski definition) is 5. The van der Waals surface area contributed by atoms with Gasteiger partial charge in [0.1, 0.15) is 10.9 Å². The van der Waals surface area contributed by atoms with Crippen molar-refractivity contribution in [2.24, 2.45) is 0 Å². The van der Waals surface area contributed by atoms with Gasteiger partial charge in [-0.1, -0.05) is 78.6 Å². The van der Waals surface area contributed by atoms with E-state index in [9.17, 15) is 27.6 Å². The summed E-state index contributed by atoms with van der Waals surface area (Å²) in [4.78, 5) is 42.9. The first kappa shape index (κ1) is 26.6. The van der Waals surface area contributed by atoms with E-state index in [-0.39, 0.29) is 22.2 Å². The summed E-state index contributed by atoms with van der Waals surface area (Å²) < 4.78 is 39.5. The molecule has 0 aliphatic carbocycles. The number of carbonyl (C=O) groups excluding carboxylic acids is 3. The summed E-state index contributed by atoms with van der Waals surface area (Å²) >= 11 is 6.55. The molecule has 198 valence electrons. The number of amides is 3. The molecule has 0 saturated carbocycles. The maximum atomic E-state index is 13.6. The highest BCUT2D eigenvalue weighted by molar-refractivity contribution is 8.26. The van der Waals surface area contributed by atoms with E-state index in [1.54, 1.807) is 24.3 Å². The van der Waals surface area contributed by atoms with Crippen LogP contribution in [0.3, 0.4) is 0 Å². The van der Waals surface area contributed by atoms with Crippen molar-refractivity contribution in [1.82, 2.24) is 4.90 Å². The third kappa shape index (κ3) is 5.07. The van der Waals surface area contributed by atoms with Gasteiger partial charge in [-0.05, 0) is 36.8 Å². The van der Waals surface area contributed by atoms with E-state index in [2.05, 4.69) is 5.32 Å². The number of fused-ring (bicyclic) bond motifs is 1.